The first-order chi connectivity index (χ1) is 16.7. The number of hydrogen-bond donors (Lipinski definition) is 0. The lowest BCUT2D eigenvalue weighted by Crippen LogP contribution is -2.31. The third kappa shape index (κ3) is 4.16. The van der Waals surface area contributed by atoms with Gasteiger partial charge in [0.1, 0.15) is 5.75 Å². The molecule has 0 unspecified atom stereocenters. The highest BCUT2D eigenvalue weighted by atomic mass is 16.5. The Morgan fingerprint density at radius 1 is 0.943 bits per heavy atom. The summed E-state index contributed by atoms with van der Waals surface area (Å²) in [6, 6.07) is 12.4. The Labute approximate surface area is 204 Å². The van der Waals surface area contributed by atoms with Crippen molar-refractivity contribution in [2.24, 2.45) is 17.8 Å². The quantitative estimate of drug-likeness (QED) is 0.289. The third-order valence-corrected chi connectivity index (χ3v) is 7.23. The summed E-state index contributed by atoms with van der Waals surface area (Å²) in [6.07, 6.45) is 3.26. The normalized spacial score (nSPS) is 24.0. The lowest BCUT2D eigenvalue weighted by atomic mass is 9.82. The first-order valence-corrected chi connectivity index (χ1v) is 12.0. The van der Waals surface area contributed by atoms with Crippen LogP contribution >= 0.6 is 0 Å². The van der Waals surface area contributed by atoms with Crippen molar-refractivity contribution in [2.75, 3.05) is 16.3 Å². The van der Waals surface area contributed by atoms with Crippen LogP contribution in [0.15, 0.2) is 54.1 Å². The second kappa shape index (κ2) is 8.80. The molecule has 0 aromatic heterocycles. The van der Waals surface area contributed by atoms with Gasteiger partial charge in [0.25, 0.3) is 0 Å². The number of rotatable bonds is 4. The van der Waals surface area contributed by atoms with E-state index in [2.05, 4.69) is 0 Å². The highest BCUT2D eigenvalue weighted by Crippen LogP contribution is 2.40. The second-order valence-corrected chi connectivity index (χ2v) is 9.83. The largest absolute Gasteiger partial charge is 0.426 e. The van der Waals surface area contributed by atoms with Crippen molar-refractivity contribution in [3.05, 3.63) is 65.2 Å². The lowest BCUT2D eigenvalue weighted by molar-refractivity contribution is -0.139. The molecule has 2 saturated heterocycles. The number of imide groups is 1. The fourth-order valence-corrected chi connectivity index (χ4v) is 5.29. The molecule has 2 aromatic carbocycles. The average molecular weight is 473 g/mol. The van der Waals surface area contributed by atoms with E-state index in [1.54, 1.807) is 29.2 Å². The second-order valence-electron chi connectivity index (χ2n) is 9.83. The summed E-state index contributed by atoms with van der Waals surface area (Å²) >= 11 is 0. The molecule has 2 fully saturated rings. The van der Waals surface area contributed by atoms with Gasteiger partial charge in [-0.15, -0.1) is 0 Å². The molecule has 7 nitrogen and oxygen atoms in total. The van der Waals surface area contributed by atoms with Gasteiger partial charge < -0.3 is 9.64 Å². The smallest absolute Gasteiger partial charge is 0.316 e. The van der Waals surface area contributed by atoms with Crippen LogP contribution in [0.25, 0.3) is 0 Å². The highest BCUT2D eigenvalue weighted by molar-refractivity contribution is 6.22. The Morgan fingerprint density at radius 2 is 1.71 bits per heavy atom. The fourth-order valence-electron chi connectivity index (χ4n) is 5.29. The predicted molar refractivity (Wildman–Crippen MR) is 131 cm³/mol. The summed E-state index contributed by atoms with van der Waals surface area (Å²) in [7, 11) is 0. The molecule has 180 valence electrons. The molecule has 2 aliphatic heterocycles. The van der Waals surface area contributed by atoms with Crippen LogP contribution in [0.4, 0.5) is 11.4 Å². The molecule has 7 heteroatoms. The average Bonchev–Trinajstić information content (AvgIpc) is 3.33. The van der Waals surface area contributed by atoms with Crippen LogP contribution in [0.1, 0.15) is 37.3 Å². The summed E-state index contributed by atoms with van der Waals surface area (Å²) in [5.41, 5.74) is 4.34. The monoisotopic (exact) mass is 472 g/mol. The molecule has 0 saturated carbocycles. The molecule has 1 aliphatic carbocycles. The number of fused-ring (bicyclic) bond motifs is 1. The van der Waals surface area contributed by atoms with Crippen LogP contribution in [0.5, 0.6) is 5.75 Å². The van der Waals surface area contributed by atoms with E-state index in [0.717, 1.165) is 22.4 Å². The molecule has 0 N–H and O–H groups in total. The Kier molecular flexibility index (Phi) is 5.79. The van der Waals surface area contributed by atoms with E-state index in [4.69, 9.17) is 4.74 Å². The maximum atomic E-state index is 13.0. The minimum Gasteiger partial charge on any atom is -0.426 e. The van der Waals surface area contributed by atoms with E-state index in [9.17, 15) is 19.2 Å². The summed E-state index contributed by atoms with van der Waals surface area (Å²) in [5, 5.41) is 0. The number of aryl methyl sites for hydroxylation is 2. The molecule has 2 aromatic rings. The van der Waals surface area contributed by atoms with Crippen LogP contribution < -0.4 is 14.5 Å². The van der Waals surface area contributed by atoms with Crippen LogP contribution in [0.3, 0.4) is 0 Å². The van der Waals surface area contributed by atoms with Gasteiger partial charge in [0, 0.05) is 24.7 Å². The number of nitrogens with zero attached hydrogens (tertiary/aromatic N) is 2. The molecular weight excluding hydrogens is 444 g/mol. The predicted octanol–water partition coefficient (Wildman–Crippen LogP) is 4.11. The molecule has 3 amide bonds. The Bertz CT molecular complexity index is 1280. The third-order valence-electron chi connectivity index (χ3n) is 7.23. The number of amides is 3. The standard InChI is InChI=1S/C28H28N2O5/c1-16-8-10-22-23(11-16)27(33)30(26(22)32)20-5-4-6-21(14-20)35-28(34)19-13-25(31)29(15-19)24-12-17(2)7-9-18(24)3/h4-9,12,14,19,22-23H,10-11,13,15H2,1-3H3/t19-,22+,23+/m1/s1. The minimum atomic E-state index is -0.599. The van der Waals surface area contributed by atoms with Gasteiger partial charge >= 0.3 is 5.97 Å². The van der Waals surface area contributed by atoms with Gasteiger partial charge in [0.15, 0.2) is 0 Å². The Hall–Kier alpha value is -3.74. The maximum absolute atomic E-state index is 13.0. The Balaban J connectivity index is 1.30. The maximum Gasteiger partial charge on any atom is 0.316 e. The molecule has 0 spiro atoms. The SMILES string of the molecule is CC1=CC[C@@H]2C(=O)N(c3cccc(OC(=O)[C@@H]4CC(=O)N(c5cc(C)ccc5C)C4)c3)C(=O)[C@H]2C1. The summed E-state index contributed by atoms with van der Waals surface area (Å²) in [4.78, 5) is 54.5. The summed E-state index contributed by atoms with van der Waals surface area (Å²) < 4.78 is 5.61. The number of anilines is 2. The van der Waals surface area contributed by atoms with Gasteiger partial charge in [-0.05, 0) is 62.9 Å². The van der Waals surface area contributed by atoms with Gasteiger partial charge in [0.05, 0.1) is 23.4 Å². The molecule has 35 heavy (non-hydrogen) atoms. The van der Waals surface area contributed by atoms with E-state index >= 15 is 0 Å². The topological polar surface area (TPSA) is 84.0 Å². The van der Waals surface area contributed by atoms with Crippen LogP contribution in [-0.2, 0) is 19.2 Å². The van der Waals surface area contributed by atoms with Crippen molar-refractivity contribution in [1.29, 1.82) is 0 Å². The van der Waals surface area contributed by atoms with E-state index in [0.29, 0.717) is 18.5 Å². The van der Waals surface area contributed by atoms with Crippen LogP contribution in [0.2, 0.25) is 0 Å². The van der Waals surface area contributed by atoms with E-state index in [1.807, 2.05) is 45.0 Å². The van der Waals surface area contributed by atoms with Crippen molar-refractivity contribution >= 4 is 35.1 Å². The molecule has 5 rings (SSSR count). The van der Waals surface area contributed by atoms with Crippen molar-refractivity contribution in [2.45, 2.75) is 40.0 Å². The first-order valence-electron chi connectivity index (χ1n) is 12.0. The molecular formula is C28H28N2O5. The van der Waals surface area contributed by atoms with Gasteiger partial charge in [-0.1, -0.05) is 29.8 Å². The number of carbonyl (C=O) groups excluding carboxylic acids is 4. The molecule has 0 radical (unpaired) electrons. The molecule has 3 aliphatic rings. The van der Waals surface area contributed by atoms with Gasteiger partial charge in [-0.3, -0.25) is 19.2 Å². The zero-order valence-corrected chi connectivity index (χ0v) is 20.1. The fraction of sp³-hybridized carbons (Fsp3) is 0.357. The summed E-state index contributed by atoms with van der Waals surface area (Å²) in [5.74, 6) is -2.06. The number of esters is 1. The van der Waals surface area contributed by atoms with Gasteiger partial charge in [-0.25, -0.2) is 4.90 Å². The molecule has 3 atom stereocenters. The van der Waals surface area contributed by atoms with Crippen LogP contribution in [-0.4, -0.2) is 30.2 Å². The molecule has 0 bridgehead atoms. The van der Waals surface area contributed by atoms with Crippen LogP contribution in [0, 0.1) is 31.6 Å². The van der Waals surface area contributed by atoms with Crippen molar-refractivity contribution in [3.63, 3.8) is 0 Å². The first kappa shape index (κ1) is 23.0. The summed E-state index contributed by atoms with van der Waals surface area (Å²) in [6.45, 7) is 6.13. The van der Waals surface area contributed by atoms with Gasteiger partial charge in [0.2, 0.25) is 17.7 Å². The van der Waals surface area contributed by atoms with Crippen molar-refractivity contribution in [3.8, 4) is 5.75 Å². The lowest BCUT2D eigenvalue weighted by Gasteiger charge is -2.19. The number of carbonyl (C=O) groups is 4. The van der Waals surface area contributed by atoms with Crippen molar-refractivity contribution < 1.29 is 23.9 Å². The van der Waals surface area contributed by atoms with E-state index in [1.165, 1.54) is 4.90 Å². The number of benzene rings is 2. The van der Waals surface area contributed by atoms with E-state index < -0.39 is 11.9 Å². The zero-order chi connectivity index (χ0) is 24.9. The number of hydrogen-bond acceptors (Lipinski definition) is 5. The highest BCUT2D eigenvalue weighted by Gasteiger charge is 2.48. The Morgan fingerprint density at radius 3 is 2.51 bits per heavy atom. The molecule has 2 heterocycles. The van der Waals surface area contributed by atoms with E-state index in [-0.39, 0.29) is 48.3 Å². The minimum absolute atomic E-state index is 0.0741. The zero-order valence-electron chi connectivity index (χ0n) is 20.1. The number of allylic oxidation sites excluding steroid dienone is 2. The van der Waals surface area contributed by atoms with Gasteiger partial charge in [-0.2, -0.15) is 0 Å². The van der Waals surface area contributed by atoms with Crippen molar-refractivity contribution in [1.82, 2.24) is 0 Å². The number of ether oxygens (including phenoxy) is 1.